The average molecular weight is 225 g/mol. The summed E-state index contributed by atoms with van der Waals surface area (Å²) < 4.78 is 0. The van der Waals surface area contributed by atoms with Crippen LogP contribution in [0, 0.1) is 0 Å². The van der Waals surface area contributed by atoms with Crippen LogP contribution in [0.5, 0.6) is 0 Å². The summed E-state index contributed by atoms with van der Waals surface area (Å²) in [5.74, 6) is 0. The minimum atomic E-state index is 0.203. The van der Waals surface area contributed by atoms with Crippen molar-refractivity contribution in [2.75, 3.05) is 19.4 Å². The molecule has 0 heterocycles. The van der Waals surface area contributed by atoms with Crippen LogP contribution in [0.1, 0.15) is 12.5 Å². The average Bonchev–Trinajstić information content (AvgIpc) is 2.27. The van der Waals surface area contributed by atoms with Crippen molar-refractivity contribution in [3.63, 3.8) is 0 Å². The van der Waals surface area contributed by atoms with E-state index in [0.29, 0.717) is 12.6 Å². The van der Waals surface area contributed by atoms with Gasteiger partial charge in [0.25, 0.3) is 0 Å². The quantitative estimate of drug-likeness (QED) is 0.726. The first-order valence-electron chi connectivity index (χ1n) is 5.24. The van der Waals surface area contributed by atoms with Crippen molar-refractivity contribution in [3.05, 3.63) is 29.8 Å². The maximum absolute atomic E-state index is 8.72. The molecule has 0 spiro atoms. The first kappa shape index (κ1) is 12.6. The lowest BCUT2D eigenvalue weighted by atomic mass is 10.1. The van der Waals surface area contributed by atoms with Crippen molar-refractivity contribution >= 4 is 11.8 Å². The first-order valence-corrected chi connectivity index (χ1v) is 6.46. The van der Waals surface area contributed by atoms with Gasteiger partial charge in [0.15, 0.2) is 0 Å². The van der Waals surface area contributed by atoms with Crippen molar-refractivity contribution in [1.29, 1.82) is 0 Å². The van der Waals surface area contributed by atoms with Gasteiger partial charge in [-0.15, -0.1) is 11.8 Å². The van der Waals surface area contributed by atoms with Gasteiger partial charge in [0.05, 0.1) is 6.61 Å². The van der Waals surface area contributed by atoms with Gasteiger partial charge in [0.2, 0.25) is 0 Å². The summed E-state index contributed by atoms with van der Waals surface area (Å²) in [5, 5.41) is 12.0. The number of rotatable bonds is 6. The summed E-state index contributed by atoms with van der Waals surface area (Å²) in [6, 6.07) is 8.88. The van der Waals surface area contributed by atoms with Gasteiger partial charge in [0.1, 0.15) is 0 Å². The maximum atomic E-state index is 8.72. The molecule has 0 saturated heterocycles. The highest BCUT2D eigenvalue weighted by molar-refractivity contribution is 7.98. The SMILES string of the molecule is CSc1ccccc1CC(C)NCCO. The fourth-order valence-corrected chi connectivity index (χ4v) is 2.21. The molecule has 84 valence electrons. The van der Waals surface area contributed by atoms with E-state index in [2.05, 4.69) is 42.8 Å². The predicted molar refractivity (Wildman–Crippen MR) is 66.5 cm³/mol. The highest BCUT2D eigenvalue weighted by Crippen LogP contribution is 2.20. The summed E-state index contributed by atoms with van der Waals surface area (Å²) in [5.41, 5.74) is 1.38. The Morgan fingerprint density at radius 1 is 1.40 bits per heavy atom. The Labute approximate surface area is 96.1 Å². The monoisotopic (exact) mass is 225 g/mol. The molecule has 1 atom stereocenters. The van der Waals surface area contributed by atoms with E-state index in [1.807, 2.05) is 0 Å². The van der Waals surface area contributed by atoms with Gasteiger partial charge < -0.3 is 10.4 Å². The lowest BCUT2D eigenvalue weighted by Gasteiger charge is -2.14. The van der Waals surface area contributed by atoms with Crippen LogP contribution < -0.4 is 5.32 Å². The third-order valence-electron chi connectivity index (χ3n) is 2.32. The van der Waals surface area contributed by atoms with Crippen molar-refractivity contribution in [3.8, 4) is 0 Å². The topological polar surface area (TPSA) is 32.3 Å². The summed E-state index contributed by atoms with van der Waals surface area (Å²) in [7, 11) is 0. The molecule has 0 aliphatic rings. The number of aliphatic hydroxyl groups excluding tert-OH is 1. The Hall–Kier alpha value is -0.510. The van der Waals surface area contributed by atoms with E-state index in [1.165, 1.54) is 10.5 Å². The fourth-order valence-electron chi connectivity index (χ4n) is 1.58. The van der Waals surface area contributed by atoms with Gasteiger partial charge >= 0.3 is 0 Å². The van der Waals surface area contributed by atoms with Crippen molar-refractivity contribution in [1.82, 2.24) is 5.32 Å². The zero-order valence-corrected chi connectivity index (χ0v) is 10.2. The molecule has 0 amide bonds. The van der Waals surface area contributed by atoms with Gasteiger partial charge in [-0.05, 0) is 31.2 Å². The van der Waals surface area contributed by atoms with Gasteiger partial charge in [-0.3, -0.25) is 0 Å². The molecule has 0 aliphatic carbocycles. The van der Waals surface area contributed by atoms with E-state index in [0.717, 1.165) is 6.42 Å². The second-order valence-corrected chi connectivity index (χ2v) is 4.44. The third-order valence-corrected chi connectivity index (χ3v) is 3.16. The first-order chi connectivity index (χ1) is 7.27. The van der Waals surface area contributed by atoms with Crippen LogP contribution in [0.4, 0.5) is 0 Å². The number of hydrogen-bond acceptors (Lipinski definition) is 3. The molecule has 1 unspecified atom stereocenters. The molecule has 3 heteroatoms. The summed E-state index contributed by atoms with van der Waals surface area (Å²) >= 11 is 1.78. The lowest BCUT2D eigenvalue weighted by molar-refractivity contribution is 0.285. The highest BCUT2D eigenvalue weighted by Gasteiger charge is 2.05. The largest absolute Gasteiger partial charge is 0.395 e. The van der Waals surface area contributed by atoms with Crippen LogP contribution in [-0.2, 0) is 6.42 Å². The molecule has 0 fully saturated rings. The van der Waals surface area contributed by atoms with Crippen molar-refractivity contribution < 1.29 is 5.11 Å². The Balaban J connectivity index is 2.55. The number of hydrogen-bond donors (Lipinski definition) is 2. The lowest BCUT2D eigenvalue weighted by Crippen LogP contribution is -2.30. The van der Waals surface area contributed by atoms with E-state index < -0.39 is 0 Å². The smallest absolute Gasteiger partial charge is 0.0556 e. The minimum Gasteiger partial charge on any atom is -0.395 e. The van der Waals surface area contributed by atoms with Crippen molar-refractivity contribution in [2.24, 2.45) is 0 Å². The Morgan fingerprint density at radius 3 is 2.80 bits per heavy atom. The number of thioether (sulfide) groups is 1. The molecule has 0 aliphatic heterocycles. The normalized spacial score (nSPS) is 12.7. The van der Waals surface area contributed by atoms with Crippen LogP contribution in [-0.4, -0.2) is 30.6 Å². The molecule has 2 nitrogen and oxygen atoms in total. The second-order valence-electron chi connectivity index (χ2n) is 3.59. The molecule has 0 bridgehead atoms. The minimum absolute atomic E-state index is 0.203. The van der Waals surface area contributed by atoms with Gasteiger partial charge in [0, 0.05) is 17.5 Å². The third kappa shape index (κ3) is 4.24. The highest BCUT2D eigenvalue weighted by atomic mass is 32.2. The Morgan fingerprint density at radius 2 is 2.13 bits per heavy atom. The summed E-state index contributed by atoms with van der Waals surface area (Å²) in [4.78, 5) is 1.34. The molecule has 0 aromatic heterocycles. The van der Waals surface area contributed by atoms with E-state index in [9.17, 15) is 0 Å². The van der Waals surface area contributed by atoms with Crippen LogP contribution in [0.25, 0.3) is 0 Å². The fraction of sp³-hybridized carbons (Fsp3) is 0.500. The predicted octanol–water partition coefficient (Wildman–Crippen LogP) is 1.92. The molecule has 15 heavy (non-hydrogen) atoms. The number of nitrogens with one attached hydrogen (secondary N) is 1. The number of benzene rings is 1. The van der Waals surface area contributed by atoms with Crippen LogP contribution >= 0.6 is 11.8 Å². The van der Waals surface area contributed by atoms with Crippen LogP contribution in [0.2, 0.25) is 0 Å². The summed E-state index contributed by atoms with van der Waals surface area (Å²) in [6.07, 6.45) is 3.11. The molecule has 2 N–H and O–H groups in total. The molecule has 1 aromatic rings. The summed E-state index contributed by atoms with van der Waals surface area (Å²) in [6.45, 7) is 3.02. The molecule has 0 radical (unpaired) electrons. The van der Waals surface area contributed by atoms with Crippen LogP contribution in [0.3, 0.4) is 0 Å². The molecular weight excluding hydrogens is 206 g/mol. The second kappa shape index (κ2) is 6.88. The van der Waals surface area contributed by atoms with Crippen molar-refractivity contribution in [2.45, 2.75) is 24.3 Å². The molecular formula is C12H19NOS. The molecule has 1 rings (SSSR count). The zero-order chi connectivity index (χ0) is 11.1. The maximum Gasteiger partial charge on any atom is 0.0556 e. The van der Waals surface area contributed by atoms with E-state index in [1.54, 1.807) is 11.8 Å². The standard InChI is InChI=1S/C12H19NOS/c1-10(13-7-8-14)9-11-5-3-4-6-12(11)15-2/h3-6,10,13-14H,7-9H2,1-2H3. The zero-order valence-electron chi connectivity index (χ0n) is 9.36. The van der Waals surface area contributed by atoms with E-state index in [-0.39, 0.29) is 6.61 Å². The Kier molecular flexibility index (Phi) is 5.76. The van der Waals surface area contributed by atoms with Gasteiger partial charge in [-0.25, -0.2) is 0 Å². The van der Waals surface area contributed by atoms with E-state index >= 15 is 0 Å². The number of aliphatic hydroxyl groups is 1. The Bertz CT molecular complexity index is 291. The van der Waals surface area contributed by atoms with Gasteiger partial charge in [-0.1, -0.05) is 18.2 Å². The van der Waals surface area contributed by atoms with Crippen LogP contribution in [0.15, 0.2) is 29.2 Å². The van der Waals surface area contributed by atoms with E-state index in [4.69, 9.17) is 5.11 Å². The van der Waals surface area contributed by atoms with Gasteiger partial charge in [-0.2, -0.15) is 0 Å². The molecule has 1 aromatic carbocycles. The molecule has 0 saturated carbocycles.